The van der Waals surface area contributed by atoms with Crippen LogP contribution in [-0.4, -0.2) is 11.1 Å². The second-order valence-corrected chi connectivity index (χ2v) is 4.24. The third-order valence-electron chi connectivity index (χ3n) is 3.47. The van der Waals surface area contributed by atoms with Crippen molar-refractivity contribution in [2.75, 3.05) is 5.73 Å². The van der Waals surface area contributed by atoms with Crippen LogP contribution in [0.4, 0.5) is 5.69 Å². The Kier molecular flexibility index (Phi) is 2.18. The number of anilines is 1. The van der Waals surface area contributed by atoms with E-state index in [1.165, 1.54) is 0 Å². The summed E-state index contributed by atoms with van der Waals surface area (Å²) in [7, 11) is 0. The number of aliphatic carboxylic acids is 1. The van der Waals surface area contributed by atoms with Crippen LogP contribution in [0.15, 0.2) is 24.3 Å². The van der Waals surface area contributed by atoms with Crippen LogP contribution in [0.2, 0.25) is 0 Å². The number of carboxylic acids is 1. The fourth-order valence-electron chi connectivity index (χ4n) is 2.25. The molecule has 0 aliphatic heterocycles. The molecule has 0 saturated heterocycles. The van der Waals surface area contributed by atoms with Gasteiger partial charge in [0.05, 0.1) is 5.41 Å². The van der Waals surface area contributed by atoms with Crippen LogP contribution in [0.1, 0.15) is 31.2 Å². The minimum Gasteiger partial charge on any atom is -0.481 e. The highest BCUT2D eigenvalue weighted by molar-refractivity contribution is 5.80. The highest BCUT2D eigenvalue weighted by atomic mass is 16.4. The molecule has 0 bridgehead atoms. The van der Waals surface area contributed by atoms with Crippen molar-refractivity contribution >= 4 is 11.7 Å². The molecule has 3 heteroatoms. The summed E-state index contributed by atoms with van der Waals surface area (Å²) in [6, 6.07) is 7.52. The van der Waals surface area contributed by atoms with Crippen LogP contribution in [-0.2, 0) is 4.79 Å². The monoisotopic (exact) mass is 205 g/mol. The molecule has 0 aromatic heterocycles. The van der Waals surface area contributed by atoms with Gasteiger partial charge in [0.1, 0.15) is 0 Å². The number of nitrogen functional groups attached to an aromatic ring is 1. The third-order valence-corrected chi connectivity index (χ3v) is 3.47. The first-order chi connectivity index (χ1) is 7.10. The summed E-state index contributed by atoms with van der Waals surface area (Å²) in [5, 5.41) is 9.17. The number of hydrogen-bond donors (Lipinski definition) is 2. The van der Waals surface area contributed by atoms with Gasteiger partial charge in [0, 0.05) is 11.6 Å². The molecular formula is C12H15NO2. The zero-order valence-electron chi connectivity index (χ0n) is 8.73. The van der Waals surface area contributed by atoms with Crippen molar-refractivity contribution in [1.82, 2.24) is 0 Å². The first-order valence-corrected chi connectivity index (χ1v) is 5.19. The van der Waals surface area contributed by atoms with Gasteiger partial charge in [-0.25, -0.2) is 0 Å². The van der Waals surface area contributed by atoms with Crippen LogP contribution in [0.5, 0.6) is 0 Å². The quantitative estimate of drug-likeness (QED) is 0.744. The average molecular weight is 205 g/mol. The van der Waals surface area contributed by atoms with E-state index < -0.39 is 11.4 Å². The summed E-state index contributed by atoms with van der Waals surface area (Å²) in [6.07, 6.45) is 1.44. The van der Waals surface area contributed by atoms with Gasteiger partial charge in [0.15, 0.2) is 0 Å². The highest BCUT2D eigenvalue weighted by Crippen LogP contribution is 2.61. The fourth-order valence-corrected chi connectivity index (χ4v) is 2.25. The number of carbonyl (C=O) groups is 1. The molecule has 0 spiro atoms. The van der Waals surface area contributed by atoms with E-state index in [4.69, 9.17) is 10.8 Å². The fraction of sp³-hybridized carbons (Fsp3) is 0.417. The Morgan fingerprint density at radius 3 is 2.53 bits per heavy atom. The summed E-state index contributed by atoms with van der Waals surface area (Å²) in [5.74, 6) is -0.507. The lowest BCUT2D eigenvalue weighted by Crippen LogP contribution is -2.15. The van der Waals surface area contributed by atoms with E-state index in [1.807, 2.05) is 31.2 Å². The van der Waals surface area contributed by atoms with Crippen LogP contribution < -0.4 is 5.73 Å². The van der Waals surface area contributed by atoms with Crippen molar-refractivity contribution in [3.8, 4) is 0 Å². The van der Waals surface area contributed by atoms with Gasteiger partial charge in [-0.15, -0.1) is 0 Å². The van der Waals surface area contributed by atoms with Gasteiger partial charge in [-0.05, 0) is 30.5 Å². The molecule has 1 saturated carbocycles. The molecule has 80 valence electrons. The van der Waals surface area contributed by atoms with Gasteiger partial charge in [-0.1, -0.05) is 19.1 Å². The Morgan fingerprint density at radius 1 is 1.53 bits per heavy atom. The number of nitrogens with two attached hydrogens (primary N) is 1. The SMILES string of the molecule is CCC1(C(=O)O)CC1c1ccc(N)cc1. The molecule has 3 nitrogen and oxygen atoms in total. The highest BCUT2D eigenvalue weighted by Gasteiger charge is 2.59. The maximum Gasteiger partial charge on any atom is 0.310 e. The molecule has 3 N–H and O–H groups in total. The molecule has 2 unspecified atom stereocenters. The molecule has 1 fully saturated rings. The number of rotatable bonds is 3. The van der Waals surface area contributed by atoms with E-state index >= 15 is 0 Å². The van der Waals surface area contributed by atoms with Crippen LogP contribution in [0.3, 0.4) is 0 Å². The maximum atomic E-state index is 11.1. The molecule has 2 rings (SSSR count). The van der Waals surface area contributed by atoms with Crippen molar-refractivity contribution in [2.45, 2.75) is 25.7 Å². The van der Waals surface area contributed by atoms with Crippen LogP contribution in [0.25, 0.3) is 0 Å². The van der Waals surface area contributed by atoms with E-state index in [0.29, 0.717) is 6.42 Å². The van der Waals surface area contributed by atoms with E-state index in [1.54, 1.807) is 0 Å². The van der Waals surface area contributed by atoms with Crippen molar-refractivity contribution in [1.29, 1.82) is 0 Å². The minimum atomic E-state index is -0.674. The molecule has 1 aliphatic rings. The predicted octanol–water partition coefficient (Wildman–Crippen LogP) is 2.24. The van der Waals surface area contributed by atoms with E-state index in [-0.39, 0.29) is 5.92 Å². The Balaban J connectivity index is 2.22. The van der Waals surface area contributed by atoms with Gasteiger partial charge < -0.3 is 10.8 Å². The predicted molar refractivity (Wildman–Crippen MR) is 58.6 cm³/mol. The minimum absolute atomic E-state index is 0.167. The number of benzene rings is 1. The largest absolute Gasteiger partial charge is 0.481 e. The number of carboxylic acid groups (broad SMARTS) is 1. The van der Waals surface area contributed by atoms with Crippen molar-refractivity contribution in [3.05, 3.63) is 29.8 Å². The van der Waals surface area contributed by atoms with Crippen molar-refractivity contribution in [2.24, 2.45) is 5.41 Å². The maximum absolute atomic E-state index is 11.1. The first kappa shape index (κ1) is 10.0. The molecule has 0 amide bonds. The molecule has 2 atom stereocenters. The van der Waals surface area contributed by atoms with E-state index in [9.17, 15) is 4.79 Å². The average Bonchev–Trinajstić information content (AvgIpc) is 2.95. The summed E-state index contributed by atoms with van der Waals surface area (Å²) in [6.45, 7) is 1.94. The summed E-state index contributed by atoms with van der Waals surface area (Å²) >= 11 is 0. The second kappa shape index (κ2) is 3.26. The molecule has 1 aliphatic carbocycles. The van der Waals surface area contributed by atoms with Crippen molar-refractivity contribution in [3.63, 3.8) is 0 Å². The molecule has 0 radical (unpaired) electrons. The summed E-state index contributed by atoms with van der Waals surface area (Å²) in [4.78, 5) is 11.1. The standard InChI is InChI=1S/C12H15NO2/c1-2-12(11(14)15)7-10(12)8-3-5-9(13)6-4-8/h3-6,10H,2,7,13H2,1H3,(H,14,15). The van der Waals surface area contributed by atoms with Gasteiger partial charge in [-0.3, -0.25) is 4.79 Å². The lowest BCUT2D eigenvalue weighted by atomic mass is 9.96. The lowest BCUT2D eigenvalue weighted by Gasteiger charge is -2.09. The Morgan fingerprint density at radius 2 is 2.13 bits per heavy atom. The van der Waals surface area contributed by atoms with E-state index in [0.717, 1.165) is 17.7 Å². The Labute approximate surface area is 88.9 Å². The summed E-state index contributed by atoms with van der Waals surface area (Å²) < 4.78 is 0. The lowest BCUT2D eigenvalue weighted by molar-refractivity contribution is -0.143. The van der Waals surface area contributed by atoms with Crippen molar-refractivity contribution < 1.29 is 9.90 Å². The zero-order valence-corrected chi connectivity index (χ0v) is 8.73. The Bertz CT molecular complexity index is 385. The molecule has 1 aromatic rings. The van der Waals surface area contributed by atoms with Gasteiger partial charge in [0.2, 0.25) is 0 Å². The van der Waals surface area contributed by atoms with Gasteiger partial charge >= 0.3 is 5.97 Å². The molecular weight excluding hydrogens is 190 g/mol. The van der Waals surface area contributed by atoms with Gasteiger partial charge in [0.25, 0.3) is 0 Å². The zero-order chi connectivity index (χ0) is 11.1. The third kappa shape index (κ3) is 1.48. The first-order valence-electron chi connectivity index (χ1n) is 5.19. The molecule has 0 heterocycles. The normalized spacial score (nSPS) is 28.7. The molecule has 1 aromatic carbocycles. The Hall–Kier alpha value is -1.51. The topological polar surface area (TPSA) is 63.3 Å². The van der Waals surface area contributed by atoms with Gasteiger partial charge in [-0.2, -0.15) is 0 Å². The number of hydrogen-bond acceptors (Lipinski definition) is 2. The van der Waals surface area contributed by atoms with Crippen LogP contribution in [0, 0.1) is 5.41 Å². The smallest absolute Gasteiger partial charge is 0.310 e. The van der Waals surface area contributed by atoms with E-state index in [2.05, 4.69) is 0 Å². The molecule has 15 heavy (non-hydrogen) atoms. The second-order valence-electron chi connectivity index (χ2n) is 4.24. The summed E-state index contributed by atoms with van der Waals surface area (Å²) in [5.41, 5.74) is 6.88. The van der Waals surface area contributed by atoms with Crippen LogP contribution >= 0.6 is 0 Å².